The number of unbranched alkanes of at least 4 members (excludes halogenated alkanes) is 2. The smallest absolute Gasteiger partial charge is 0.429 e. The van der Waals surface area contributed by atoms with Crippen LogP contribution in [0.4, 0.5) is 16.2 Å². The first-order valence-corrected chi connectivity index (χ1v) is 14.0. The van der Waals surface area contributed by atoms with E-state index in [1.54, 1.807) is 24.3 Å². The fourth-order valence-electron chi connectivity index (χ4n) is 4.01. The van der Waals surface area contributed by atoms with Gasteiger partial charge in [0.05, 0.1) is 4.92 Å². The molecule has 0 fully saturated rings. The first-order chi connectivity index (χ1) is 21.4. The van der Waals surface area contributed by atoms with E-state index in [0.29, 0.717) is 30.5 Å². The normalized spacial score (nSPS) is 13.5. The van der Waals surface area contributed by atoms with Gasteiger partial charge in [-0.05, 0) is 56.5 Å². The lowest BCUT2D eigenvalue weighted by atomic mass is 10.1. The molecule has 2 unspecified atom stereocenters. The van der Waals surface area contributed by atoms with Gasteiger partial charge in [-0.25, -0.2) is 4.79 Å². The summed E-state index contributed by atoms with van der Waals surface area (Å²) in [6.45, 7) is 3.14. The number of anilines is 1. The molecule has 1 aliphatic heterocycles. The van der Waals surface area contributed by atoms with Gasteiger partial charge in [0.15, 0.2) is 0 Å². The SMILES string of the molecule is CC(NC(=O)CCCCCN1C(=O)C=CC1=O)C(=O)NC(C)C(=O)Nc1ccc(COC(=O)Oc2ccc([N+](=O)[O-])cc2)cc1. The molecule has 15 heteroatoms. The Kier molecular flexibility index (Phi) is 12.3. The van der Waals surface area contributed by atoms with Crippen molar-refractivity contribution in [1.82, 2.24) is 15.5 Å². The molecule has 0 aliphatic carbocycles. The molecule has 2 aromatic carbocycles. The van der Waals surface area contributed by atoms with Crippen LogP contribution in [-0.4, -0.2) is 64.1 Å². The molecule has 5 amide bonds. The van der Waals surface area contributed by atoms with Crippen molar-refractivity contribution in [3.63, 3.8) is 0 Å². The summed E-state index contributed by atoms with van der Waals surface area (Å²) in [5, 5.41) is 18.5. The van der Waals surface area contributed by atoms with Crippen LogP contribution in [0.3, 0.4) is 0 Å². The zero-order valence-electron chi connectivity index (χ0n) is 24.6. The standard InChI is InChI=1S/C30H33N5O10/c1-19(31-25(36)6-4-3-5-17-34-26(37)15-16-27(34)38)28(39)32-20(2)29(40)33-22-9-7-21(8-10-22)18-44-30(41)45-24-13-11-23(12-14-24)35(42)43/h7-16,19-20H,3-6,17-18H2,1-2H3,(H,31,36)(H,32,39)(H,33,40). The number of benzene rings is 2. The summed E-state index contributed by atoms with van der Waals surface area (Å²) in [6, 6.07) is 9.50. The van der Waals surface area contributed by atoms with Gasteiger partial charge in [-0.2, -0.15) is 0 Å². The summed E-state index contributed by atoms with van der Waals surface area (Å²) < 4.78 is 10.0. The maximum atomic E-state index is 12.6. The van der Waals surface area contributed by atoms with Crippen molar-refractivity contribution in [3.05, 3.63) is 76.4 Å². The molecule has 0 spiro atoms. The zero-order valence-corrected chi connectivity index (χ0v) is 24.6. The van der Waals surface area contributed by atoms with E-state index in [1.807, 2.05) is 0 Å². The van der Waals surface area contributed by atoms with Crippen molar-refractivity contribution >= 4 is 47.1 Å². The second-order valence-corrected chi connectivity index (χ2v) is 10.1. The summed E-state index contributed by atoms with van der Waals surface area (Å²) in [5.74, 6) is -1.98. The van der Waals surface area contributed by atoms with Crippen molar-refractivity contribution in [2.45, 2.75) is 58.2 Å². The topological polar surface area (TPSA) is 203 Å². The minimum atomic E-state index is -1.00. The van der Waals surface area contributed by atoms with E-state index in [-0.39, 0.29) is 48.7 Å². The molecule has 0 radical (unpaired) electrons. The van der Waals surface area contributed by atoms with Gasteiger partial charge in [-0.3, -0.25) is 39.0 Å². The summed E-state index contributed by atoms with van der Waals surface area (Å²) in [5.41, 5.74) is 0.869. The zero-order chi connectivity index (χ0) is 32.9. The molecule has 1 aliphatic rings. The Morgan fingerprint density at radius 2 is 1.47 bits per heavy atom. The predicted octanol–water partition coefficient (Wildman–Crippen LogP) is 2.74. The van der Waals surface area contributed by atoms with E-state index < -0.39 is 35.0 Å². The molecule has 15 nitrogen and oxygen atoms in total. The third kappa shape index (κ3) is 10.9. The van der Waals surface area contributed by atoms with Gasteiger partial charge in [0.2, 0.25) is 17.7 Å². The van der Waals surface area contributed by atoms with E-state index in [2.05, 4.69) is 16.0 Å². The largest absolute Gasteiger partial charge is 0.514 e. The number of non-ortho nitro benzene ring substituents is 1. The van der Waals surface area contributed by atoms with Gasteiger partial charge in [0.25, 0.3) is 17.5 Å². The fraction of sp³-hybridized carbons (Fsp3) is 0.333. The first-order valence-electron chi connectivity index (χ1n) is 14.0. The second-order valence-electron chi connectivity index (χ2n) is 10.1. The highest BCUT2D eigenvalue weighted by Gasteiger charge is 2.23. The van der Waals surface area contributed by atoms with Crippen LogP contribution in [0.1, 0.15) is 45.1 Å². The number of nitro benzene ring substituents is 1. The van der Waals surface area contributed by atoms with E-state index >= 15 is 0 Å². The number of nitrogens with zero attached hydrogens (tertiary/aromatic N) is 2. The number of rotatable bonds is 15. The lowest BCUT2D eigenvalue weighted by Crippen LogP contribution is -2.50. The molecule has 0 saturated heterocycles. The van der Waals surface area contributed by atoms with Crippen LogP contribution >= 0.6 is 0 Å². The summed E-state index contributed by atoms with van der Waals surface area (Å²) in [6.07, 6.45) is 3.30. The maximum Gasteiger partial charge on any atom is 0.514 e. The van der Waals surface area contributed by atoms with Crippen molar-refractivity contribution < 1.29 is 43.2 Å². The highest BCUT2D eigenvalue weighted by atomic mass is 16.7. The van der Waals surface area contributed by atoms with Crippen molar-refractivity contribution in [1.29, 1.82) is 0 Å². The Morgan fingerprint density at radius 3 is 2.09 bits per heavy atom. The van der Waals surface area contributed by atoms with Crippen molar-refractivity contribution in [2.75, 3.05) is 11.9 Å². The van der Waals surface area contributed by atoms with Gasteiger partial charge in [-0.15, -0.1) is 0 Å². The minimum Gasteiger partial charge on any atom is -0.429 e. The molecule has 2 atom stereocenters. The van der Waals surface area contributed by atoms with Crippen LogP contribution in [0.2, 0.25) is 0 Å². The number of carbonyl (C=O) groups excluding carboxylic acids is 6. The number of nitro groups is 1. The lowest BCUT2D eigenvalue weighted by Gasteiger charge is -2.18. The lowest BCUT2D eigenvalue weighted by molar-refractivity contribution is -0.384. The molecular formula is C30H33N5O10. The Hall–Kier alpha value is -5.60. The van der Waals surface area contributed by atoms with Crippen LogP contribution in [0, 0.1) is 10.1 Å². The van der Waals surface area contributed by atoms with Crippen LogP contribution in [0.5, 0.6) is 5.75 Å². The fourth-order valence-corrected chi connectivity index (χ4v) is 4.01. The molecule has 0 aromatic heterocycles. The Bertz CT molecular complexity index is 1440. The molecule has 3 N–H and O–H groups in total. The number of nitrogens with one attached hydrogen (secondary N) is 3. The summed E-state index contributed by atoms with van der Waals surface area (Å²) in [7, 11) is 0. The second kappa shape index (κ2) is 16.3. The first kappa shape index (κ1) is 33.9. The molecule has 1 heterocycles. The third-order valence-electron chi connectivity index (χ3n) is 6.54. The Morgan fingerprint density at radius 1 is 0.844 bits per heavy atom. The molecular weight excluding hydrogens is 590 g/mol. The van der Waals surface area contributed by atoms with Crippen LogP contribution in [0.15, 0.2) is 60.7 Å². The Labute approximate surface area is 258 Å². The number of hydrogen-bond donors (Lipinski definition) is 3. The van der Waals surface area contributed by atoms with E-state index in [0.717, 1.165) is 4.90 Å². The maximum absolute atomic E-state index is 12.6. The van der Waals surface area contributed by atoms with Gasteiger partial charge < -0.3 is 25.4 Å². The predicted molar refractivity (Wildman–Crippen MR) is 159 cm³/mol. The summed E-state index contributed by atoms with van der Waals surface area (Å²) in [4.78, 5) is 83.5. The monoisotopic (exact) mass is 623 g/mol. The quantitative estimate of drug-likeness (QED) is 0.0661. The van der Waals surface area contributed by atoms with E-state index in [9.17, 15) is 38.9 Å². The molecule has 2 aromatic rings. The van der Waals surface area contributed by atoms with Crippen molar-refractivity contribution in [2.24, 2.45) is 0 Å². The number of ether oxygens (including phenoxy) is 2. The average Bonchev–Trinajstić information content (AvgIpc) is 3.33. The molecule has 45 heavy (non-hydrogen) atoms. The van der Waals surface area contributed by atoms with Crippen LogP contribution < -0.4 is 20.7 Å². The van der Waals surface area contributed by atoms with Crippen LogP contribution in [-0.2, 0) is 35.3 Å². The van der Waals surface area contributed by atoms with Crippen LogP contribution in [0.25, 0.3) is 0 Å². The third-order valence-corrected chi connectivity index (χ3v) is 6.54. The molecule has 0 saturated carbocycles. The van der Waals surface area contributed by atoms with Gasteiger partial charge in [-0.1, -0.05) is 18.6 Å². The highest BCUT2D eigenvalue weighted by Crippen LogP contribution is 2.18. The minimum absolute atomic E-state index is 0.0828. The Balaban J connectivity index is 1.32. The van der Waals surface area contributed by atoms with E-state index in [1.165, 1.54) is 50.3 Å². The molecule has 3 rings (SSSR count). The summed E-state index contributed by atoms with van der Waals surface area (Å²) >= 11 is 0. The van der Waals surface area contributed by atoms with E-state index in [4.69, 9.17) is 9.47 Å². The number of amides is 5. The van der Waals surface area contributed by atoms with Gasteiger partial charge >= 0.3 is 6.16 Å². The average molecular weight is 624 g/mol. The molecule has 0 bridgehead atoms. The number of imide groups is 1. The number of hydrogen-bond acceptors (Lipinski definition) is 10. The van der Waals surface area contributed by atoms with Gasteiger partial charge in [0.1, 0.15) is 24.4 Å². The highest BCUT2D eigenvalue weighted by molar-refractivity contribution is 6.12. The van der Waals surface area contributed by atoms with Crippen molar-refractivity contribution in [3.8, 4) is 5.75 Å². The van der Waals surface area contributed by atoms with Gasteiger partial charge in [0, 0.05) is 42.9 Å². The molecule has 238 valence electrons. The number of carbonyl (C=O) groups is 6.